The first kappa shape index (κ1) is 19.2. The maximum absolute atomic E-state index is 4.04. The van der Waals surface area contributed by atoms with Crippen molar-refractivity contribution in [2.24, 2.45) is 27.6 Å². The van der Waals surface area contributed by atoms with Gasteiger partial charge in [0.1, 0.15) is 0 Å². The van der Waals surface area contributed by atoms with Crippen LogP contribution in [0.4, 0.5) is 0 Å². The van der Waals surface area contributed by atoms with Gasteiger partial charge in [-0.1, -0.05) is 69.2 Å². The Labute approximate surface area is 145 Å². The Morgan fingerprint density at radius 1 is 0.913 bits per heavy atom. The van der Waals surface area contributed by atoms with Gasteiger partial charge in [-0.05, 0) is 35.0 Å². The van der Waals surface area contributed by atoms with Crippen molar-refractivity contribution in [3.63, 3.8) is 0 Å². The highest BCUT2D eigenvalue weighted by atomic mass is 15.1. The SMILES string of the molecule is CC(C)C1(C(C)(C)C)CC(CC(C)(C)C2(C(C)(C)C)CNC2)N1. The monoisotopic (exact) mass is 322 g/mol. The van der Waals surface area contributed by atoms with Crippen LogP contribution in [0, 0.1) is 27.6 Å². The third-order valence-corrected chi connectivity index (χ3v) is 7.70. The number of hydrogen-bond donors (Lipinski definition) is 2. The van der Waals surface area contributed by atoms with Crippen LogP contribution in [-0.4, -0.2) is 24.7 Å². The van der Waals surface area contributed by atoms with E-state index in [1.165, 1.54) is 25.9 Å². The highest BCUT2D eigenvalue weighted by molar-refractivity contribution is 5.15. The molecule has 0 aromatic heterocycles. The van der Waals surface area contributed by atoms with Crippen LogP contribution in [-0.2, 0) is 0 Å². The zero-order chi connectivity index (χ0) is 17.9. The van der Waals surface area contributed by atoms with E-state index in [0.29, 0.717) is 39.2 Å². The lowest BCUT2D eigenvalue weighted by atomic mass is 9.48. The van der Waals surface area contributed by atoms with Gasteiger partial charge in [-0.25, -0.2) is 0 Å². The minimum absolute atomic E-state index is 0.306. The molecule has 0 radical (unpaired) electrons. The van der Waals surface area contributed by atoms with E-state index in [2.05, 4.69) is 79.9 Å². The van der Waals surface area contributed by atoms with Crippen molar-refractivity contribution in [3.05, 3.63) is 0 Å². The summed E-state index contributed by atoms with van der Waals surface area (Å²) in [6.45, 7) is 26.6. The van der Waals surface area contributed by atoms with Crippen molar-refractivity contribution >= 4 is 0 Å². The predicted octanol–water partition coefficient (Wildman–Crippen LogP) is 4.84. The summed E-state index contributed by atoms with van der Waals surface area (Å²) in [4.78, 5) is 0. The lowest BCUT2D eigenvalue weighted by molar-refractivity contribution is -0.112. The number of nitrogens with one attached hydrogen (secondary N) is 2. The normalized spacial score (nSPS) is 31.7. The largest absolute Gasteiger partial charge is 0.315 e. The maximum Gasteiger partial charge on any atom is 0.0270 e. The summed E-state index contributed by atoms with van der Waals surface area (Å²) in [6.07, 6.45) is 2.61. The van der Waals surface area contributed by atoms with Gasteiger partial charge in [0.2, 0.25) is 0 Å². The van der Waals surface area contributed by atoms with Crippen molar-refractivity contribution in [2.45, 2.75) is 93.7 Å². The molecule has 2 N–H and O–H groups in total. The van der Waals surface area contributed by atoms with E-state index in [1.54, 1.807) is 0 Å². The van der Waals surface area contributed by atoms with E-state index in [9.17, 15) is 0 Å². The van der Waals surface area contributed by atoms with E-state index < -0.39 is 0 Å². The molecule has 2 aliphatic heterocycles. The van der Waals surface area contributed by atoms with Crippen LogP contribution in [0.1, 0.15) is 82.1 Å². The minimum atomic E-state index is 0.306. The summed E-state index contributed by atoms with van der Waals surface area (Å²) in [6, 6.07) is 0.673. The van der Waals surface area contributed by atoms with E-state index >= 15 is 0 Å². The molecule has 2 heterocycles. The molecular formula is C21H42N2. The fourth-order valence-corrected chi connectivity index (χ4v) is 5.86. The zero-order valence-corrected chi connectivity index (χ0v) is 17.5. The molecule has 23 heavy (non-hydrogen) atoms. The van der Waals surface area contributed by atoms with E-state index in [4.69, 9.17) is 0 Å². The second kappa shape index (κ2) is 5.46. The smallest absolute Gasteiger partial charge is 0.0270 e. The van der Waals surface area contributed by atoms with Gasteiger partial charge in [0.25, 0.3) is 0 Å². The quantitative estimate of drug-likeness (QED) is 0.774. The van der Waals surface area contributed by atoms with Gasteiger partial charge in [-0.15, -0.1) is 0 Å². The lowest BCUT2D eigenvalue weighted by Crippen LogP contribution is -2.74. The highest BCUT2D eigenvalue weighted by Crippen LogP contribution is 2.58. The molecule has 2 nitrogen and oxygen atoms in total. The van der Waals surface area contributed by atoms with E-state index in [0.717, 1.165) is 0 Å². The molecule has 2 atom stereocenters. The van der Waals surface area contributed by atoms with E-state index in [1.807, 2.05) is 0 Å². The van der Waals surface area contributed by atoms with Gasteiger partial charge in [-0.2, -0.15) is 0 Å². The van der Waals surface area contributed by atoms with Crippen molar-refractivity contribution < 1.29 is 0 Å². The Hall–Kier alpha value is -0.0800. The molecule has 136 valence electrons. The predicted molar refractivity (Wildman–Crippen MR) is 102 cm³/mol. The van der Waals surface area contributed by atoms with Crippen molar-refractivity contribution in [1.29, 1.82) is 0 Å². The van der Waals surface area contributed by atoms with Crippen LogP contribution in [0.5, 0.6) is 0 Å². The summed E-state index contributed by atoms with van der Waals surface area (Å²) >= 11 is 0. The molecule has 0 saturated carbocycles. The summed E-state index contributed by atoms with van der Waals surface area (Å²) < 4.78 is 0. The van der Waals surface area contributed by atoms with Gasteiger partial charge in [0.15, 0.2) is 0 Å². The highest BCUT2D eigenvalue weighted by Gasteiger charge is 2.59. The fraction of sp³-hybridized carbons (Fsp3) is 1.00. The molecule has 0 aliphatic carbocycles. The second-order valence-electron chi connectivity index (χ2n) is 11.4. The first-order valence-corrected chi connectivity index (χ1v) is 9.67. The Morgan fingerprint density at radius 3 is 1.65 bits per heavy atom. The van der Waals surface area contributed by atoms with Crippen LogP contribution >= 0.6 is 0 Å². The molecule has 0 amide bonds. The second-order valence-corrected chi connectivity index (χ2v) is 11.4. The standard InChI is InChI=1S/C21H42N2/c1-15(2)21(18(6,7)8)12-16(23-21)11-19(9,10)20(13-22-14-20)17(3,4)5/h15-16,22-23H,11-14H2,1-10H3. The van der Waals surface area contributed by atoms with Crippen LogP contribution in [0.15, 0.2) is 0 Å². The fourth-order valence-electron chi connectivity index (χ4n) is 5.86. The first-order chi connectivity index (χ1) is 10.2. The van der Waals surface area contributed by atoms with Crippen LogP contribution in [0.2, 0.25) is 0 Å². The van der Waals surface area contributed by atoms with Gasteiger partial charge < -0.3 is 10.6 Å². The van der Waals surface area contributed by atoms with E-state index in [-0.39, 0.29) is 0 Å². The number of rotatable bonds is 4. The Bertz CT molecular complexity index is 424. The maximum atomic E-state index is 4.04. The summed E-state index contributed by atoms with van der Waals surface area (Å²) in [5, 5.41) is 7.60. The Kier molecular flexibility index (Phi) is 4.57. The van der Waals surface area contributed by atoms with Gasteiger partial charge >= 0.3 is 0 Å². The topological polar surface area (TPSA) is 24.1 Å². The molecule has 2 unspecified atom stereocenters. The molecule has 0 aromatic carbocycles. The summed E-state index contributed by atoms with van der Waals surface area (Å²) in [5.74, 6) is 0.684. The van der Waals surface area contributed by atoms with Gasteiger partial charge in [0.05, 0.1) is 0 Å². The molecule has 0 aromatic rings. The zero-order valence-electron chi connectivity index (χ0n) is 17.5. The van der Waals surface area contributed by atoms with Crippen LogP contribution < -0.4 is 10.6 Å². The Morgan fingerprint density at radius 2 is 1.39 bits per heavy atom. The molecule has 2 heteroatoms. The van der Waals surface area contributed by atoms with Crippen LogP contribution in [0.25, 0.3) is 0 Å². The third kappa shape index (κ3) is 2.78. The van der Waals surface area contributed by atoms with Gasteiger partial charge in [-0.3, -0.25) is 0 Å². The molecule has 2 saturated heterocycles. The third-order valence-electron chi connectivity index (χ3n) is 7.70. The van der Waals surface area contributed by atoms with Crippen molar-refractivity contribution in [3.8, 4) is 0 Å². The summed E-state index contributed by atoms with van der Waals surface area (Å²) in [7, 11) is 0. The number of hydrogen-bond acceptors (Lipinski definition) is 2. The van der Waals surface area contributed by atoms with Crippen molar-refractivity contribution in [1.82, 2.24) is 10.6 Å². The first-order valence-electron chi connectivity index (χ1n) is 9.67. The lowest BCUT2D eigenvalue weighted by Gasteiger charge is -2.65. The Balaban J connectivity index is 2.10. The van der Waals surface area contributed by atoms with Crippen LogP contribution in [0.3, 0.4) is 0 Å². The van der Waals surface area contributed by atoms with Gasteiger partial charge in [0, 0.05) is 30.1 Å². The molecule has 2 aliphatic rings. The average molecular weight is 323 g/mol. The molecule has 2 rings (SSSR count). The molecule has 2 fully saturated rings. The molecule has 0 bridgehead atoms. The molecule has 0 spiro atoms. The summed E-state index contributed by atoms with van der Waals surface area (Å²) in [5.41, 5.74) is 1.75. The average Bonchev–Trinajstić information content (AvgIpc) is 2.14. The van der Waals surface area contributed by atoms with Crippen molar-refractivity contribution in [2.75, 3.05) is 13.1 Å². The minimum Gasteiger partial charge on any atom is -0.315 e. The molecular weight excluding hydrogens is 280 g/mol.